The molecular formula is C19H17N3O2. The minimum absolute atomic E-state index is 0.0104. The van der Waals surface area contributed by atoms with Crippen LogP contribution in [0.1, 0.15) is 6.42 Å². The zero-order valence-corrected chi connectivity index (χ0v) is 13.1. The molecule has 3 rings (SSSR count). The Labute approximate surface area is 140 Å². The van der Waals surface area contributed by atoms with Crippen LogP contribution in [0.25, 0.3) is 10.9 Å². The molecule has 0 aliphatic rings. The summed E-state index contributed by atoms with van der Waals surface area (Å²) in [7, 11) is 0. The van der Waals surface area contributed by atoms with Crippen molar-refractivity contribution in [3.63, 3.8) is 0 Å². The number of nitrogens with one attached hydrogen (secondary N) is 1. The highest BCUT2D eigenvalue weighted by molar-refractivity contribution is 5.90. The number of amides is 1. The molecule has 2 aromatic carbocycles. The van der Waals surface area contributed by atoms with Gasteiger partial charge in [-0.25, -0.2) is 0 Å². The van der Waals surface area contributed by atoms with Crippen LogP contribution >= 0.6 is 0 Å². The molecule has 1 N–H and O–H groups in total. The third kappa shape index (κ3) is 3.73. The molecule has 1 aromatic heterocycles. The Hall–Kier alpha value is -3.26. The number of hydrogen-bond acceptors (Lipinski definition) is 3. The topological polar surface area (TPSA) is 67.0 Å². The average molecular weight is 319 g/mol. The first-order valence-electron chi connectivity index (χ1n) is 7.70. The fourth-order valence-corrected chi connectivity index (χ4v) is 2.53. The number of nitrogens with zero attached hydrogens (tertiary/aromatic N) is 2. The van der Waals surface area contributed by atoms with Crippen LogP contribution in [-0.4, -0.2) is 17.1 Å². The Bertz CT molecular complexity index is 876. The molecule has 0 saturated carbocycles. The number of para-hydroxylation sites is 1. The summed E-state index contributed by atoms with van der Waals surface area (Å²) in [5, 5.41) is 12.5. The molecule has 0 atom stereocenters. The van der Waals surface area contributed by atoms with E-state index in [2.05, 4.69) is 16.0 Å². The maximum Gasteiger partial charge on any atom is 0.226 e. The Morgan fingerprint density at radius 2 is 1.92 bits per heavy atom. The van der Waals surface area contributed by atoms with E-state index in [4.69, 9.17) is 10.00 Å². The molecule has 120 valence electrons. The molecule has 5 heteroatoms. The lowest BCUT2D eigenvalue weighted by Gasteiger charge is -2.08. The van der Waals surface area contributed by atoms with Gasteiger partial charge in [0.05, 0.1) is 0 Å². The molecule has 1 heterocycles. The van der Waals surface area contributed by atoms with Crippen molar-refractivity contribution in [2.24, 2.45) is 0 Å². The first-order chi connectivity index (χ1) is 11.8. The third-order valence-corrected chi connectivity index (χ3v) is 3.70. The summed E-state index contributed by atoms with van der Waals surface area (Å²) in [6.07, 6.45) is 2.39. The zero-order valence-electron chi connectivity index (χ0n) is 13.1. The van der Waals surface area contributed by atoms with Gasteiger partial charge < -0.3 is 14.6 Å². The minimum atomic E-state index is -0.0431. The number of rotatable bonds is 6. The van der Waals surface area contributed by atoms with Crippen molar-refractivity contribution in [1.82, 2.24) is 4.57 Å². The molecule has 0 aliphatic carbocycles. The van der Waals surface area contributed by atoms with Gasteiger partial charge in [0.1, 0.15) is 11.8 Å². The van der Waals surface area contributed by atoms with Gasteiger partial charge >= 0.3 is 0 Å². The standard InChI is InChI=1S/C19H17N3O2/c20-11-14-24-17-7-5-16(6-8-17)21-19(23)10-13-22-12-9-15-3-1-2-4-18(15)22/h1-9,12H,10,13-14H2,(H,21,23). The molecule has 0 bridgehead atoms. The van der Waals surface area contributed by atoms with Crippen molar-refractivity contribution >= 4 is 22.5 Å². The van der Waals surface area contributed by atoms with Crippen molar-refractivity contribution in [2.75, 3.05) is 11.9 Å². The highest BCUT2D eigenvalue weighted by atomic mass is 16.5. The SMILES string of the molecule is N#CCOc1ccc(NC(=O)CCn2ccc3ccccc32)cc1. The number of aromatic nitrogens is 1. The number of hydrogen-bond donors (Lipinski definition) is 1. The van der Waals surface area contributed by atoms with E-state index in [0.29, 0.717) is 24.4 Å². The lowest BCUT2D eigenvalue weighted by atomic mass is 10.2. The number of benzene rings is 2. The van der Waals surface area contributed by atoms with Gasteiger partial charge in [-0.05, 0) is 41.8 Å². The number of anilines is 1. The molecule has 0 saturated heterocycles. The molecule has 0 aliphatic heterocycles. The Balaban J connectivity index is 1.55. The van der Waals surface area contributed by atoms with E-state index in [1.807, 2.05) is 36.5 Å². The number of carbonyl (C=O) groups is 1. The summed E-state index contributed by atoms with van der Waals surface area (Å²) >= 11 is 0. The lowest BCUT2D eigenvalue weighted by Crippen LogP contribution is -2.14. The predicted molar refractivity (Wildman–Crippen MR) is 92.7 cm³/mol. The van der Waals surface area contributed by atoms with Crippen LogP contribution in [-0.2, 0) is 11.3 Å². The summed E-state index contributed by atoms with van der Waals surface area (Å²) < 4.78 is 7.25. The van der Waals surface area contributed by atoms with Gasteiger partial charge in [0, 0.05) is 30.4 Å². The van der Waals surface area contributed by atoms with Crippen LogP contribution in [0.15, 0.2) is 60.8 Å². The Morgan fingerprint density at radius 1 is 1.12 bits per heavy atom. The van der Waals surface area contributed by atoms with Crippen LogP contribution in [0, 0.1) is 11.3 Å². The minimum Gasteiger partial charge on any atom is -0.479 e. The van der Waals surface area contributed by atoms with Gasteiger partial charge in [0.15, 0.2) is 6.61 Å². The highest BCUT2D eigenvalue weighted by Gasteiger charge is 2.05. The second-order valence-corrected chi connectivity index (χ2v) is 5.34. The molecule has 24 heavy (non-hydrogen) atoms. The number of ether oxygens (including phenoxy) is 1. The largest absolute Gasteiger partial charge is 0.479 e. The van der Waals surface area contributed by atoms with Gasteiger partial charge in [-0.2, -0.15) is 5.26 Å². The second-order valence-electron chi connectivity index (χ2n) is 5.34. The Morgan fingerprint density at radius 3 is 2.71 bits per heavy atom. The molecule has 0 unspecified atom stereocenters. The van der Waals surface area contributed by atoms with E-state index in [0.717, 1.165) is 5.52 Å². The number of aryl methyl sites for hydroxylation is 1. The fourth-order valence-electron chi connectivity index (χ4n) is 2.53. The van der Waals surface area contributed by atoms with Crippen molar-refractivity contribution in [1.29, 1.82) is 5.26 Å². The van der Waals surface area contributed by atoms with Crippen molar-refractivity contribution in [3.05, 3.63) is 60.8 Å². The summed E-state index contributed by atoms with van der Waals surface area (Å²) in [6.45, 7) is 0.638. The van der Waals surface area contributed by atoms with Gasteiger partial charge in [0.2, 0.25) is 5.91 Å². The fraction of sp³-hybridized carbons (Fsp3) is 0.158. The molecule has 1 amide bonds. The van der Waals surface area contributed by atoms with Crippen LogP contribution in [0.5, 0.6) is 5.75 Å². The zero-order chi connectivity index (χ0) is 16.8. The summed E-state index contributed by atoms with van der Waals surface area (Å²) in [5.41, 5.74) is 1.84. The van der Waals surface area contributed by atoms with E-state index in [1.54, 1.807) is 24.3 Å². The monoisotopic (exact) mass is 319 g/mol. The molecule has 0 fully saturated rings. The van der Waals surface area contributed by atoms with E-state index in [9.17, 15) is 4.79 Å². The smallest absolute Gasteiger partial charge is 0.226 e. The van der Waals surface area contributed by atoms with E-state index in [1.165, 1.54) is 5.39 Å². The molecule has 0 radical (unpaired) electrons. The molecule has 3 aromatic rings. The highest BCUT2D eigenvalue weighted by Crippen LogP contribution is 2.17. The Kier molecular flexibility index (Phi) is 4.78. The van der Waals surface area contributed by atoms with Gasteiger partial charge in [-0.15, -0.1) is 0 Å². The summed E-state index contributed by atoms with van der Waals surface area (Å²) in [4.78, 5) is 12.1. The van der Waals surface area contributed by atoms with E-state index < -0.39 is 0 Å². The third-order valence-electron chi connectivity index (χ3n) is 3.70. The number of fused-ring (bicyclic) bond motifs is 1. The summed E-state index contributed by atoms with van der Waals surface area (Å²) in [5.74, 6) is 0.562. The van der Waals surface area contributed by atoms with Crippen molar-refractivity contribution < 1.29 is 9.53 Å². The normalized spacial score (nSPS) is 10.3. The van der Waals surface area contributed by atoms with Gasteiger partial charge in [0.25, 0.3) is 0 Å². The van der Waals surface area contributed by atoms with Crippen molar-refractivity contribution in [3.8, 4) is 11.8 Å². The summed E-state index contributed by atoms with van der Waals surface area (Å²) in [6, 6.07) is 19.0. The van der Waals surface area contributed by atoms with Crippen LogP contribution in [0.3, 0.4) is 0 Å². The van der Waals surface area contributed by atoms with Crippen LogP contribution in [0.4, 0.5) is 5.69 Å². The maximum atomic E-state index is 12.1. The van der Waals surface area contributed by atoms with Gasteiger partial charge in [-0.3, -0.25) is 4.79 Å². The average Bonchev–Trinajstić information content (AvgIpc) is 3.03. The second kappa shape index (κ2) is 7.34. The van der Waals surface area contributed by atoms with Crippen molar-refractivity contribution in [2.45, 2.75) is 13.0 Å². The van der Waals surface area contributed by atoms with E-state index >= 15 is 0 Å². The first-order valence-corrected chi connectivity index (χ1v) is 7.70. The van der Waals surface area contributed by atoms with Crippen LogP contribution in [0.2, 0.25) is 0 Å². The van der Waals surface area contributed by atoms with Crippen LogP contribution < -0.4 is 10.1 Å². The lowest BCUT2D eigenvalue weighted by molar-refractivity contribution is -0.116. The van der Waals surface area contributed by atoms with E-state index in [-0.39, 0.29) is 12.5 Å². The predicted octanol–water partition coefficient (Wildman–Crippen LogP) is 3.57. The molecule has 0 spiro atoms. The number of carbonyl (C=O) groups excluding carboxylic acids is 1. The van der Waals surface area contributed by atoms with Gasteiger partial charge in [-0.1, -0.05) is 18.2 Å². The quantitative estimate of drug-likeness (QED) is 0.755. The maximum absolute atomic E-state index is 12.1. The number of nitriles is 1. The molecule has 5 nitrogen and oxygen atoms in total. The first kappa shape index (κ1) is 15.6. The molecular weight excluding hydrogens is 302 g/mol.